The van der Waals surface area contributed by atoms with Crippen LogP contribution in [0, 0.1) is 0 Å². The second-order valence-electron chi connectivity index (χ2n) is 6.14. The van der Waals surface area contributed by atoms with Crippen LogP contribution < -0.4 is 19.7 Å². The van der Waals surface area contributed by atoms with Gasteiger partial charge in [0.2, 0.25) is 0 Å². The van der Waals surface area contributed by atoms with Crippen LogP contribution in [0.25, 0.3) is 10.2 Å². The molecule has 2 atom stereocenters. The molecule has 0 saturated carbocycles. The smallest absolute Gasteiger partial charge is 0.324 e. The van der Waals surface area contributed by atoms with Gasteiger partial charge in [0.15, 0.2) is 16.6 Å². The van der Waals surface area contributed by atoms with E-state index < -0.39 is 0 Å². The molecule has 0 unspecified atom stereocenters. The molecule has 0 radical (unpaired) electrons. The minimum Gasteiger partial charge on any atom is -0.486 e. The standard InChI is InChI=1S/C16H17N3O4S/c20-15-17-9-8-21-5-1-2-10(9)19(15)16-18-13-12(24-16)4-3-11-14(13)23-7-6-22-11/h3-4,9-10H,1-2,5-8H2,(H,17,20)/t9-,10+/m0/s1. The zero-order valence-corrected chi connectivity index (χ0v) is 13.8. The molecule has 24 heavy (non-hydrogen) atoms. The summed E-state index contributed by atoms with van der Waals surface area (Å²) >= 11 is 1.51. The van der Waals surface area contributed by atoms with Gasteiger partial charge in [0.05, 0.1) is 23.4 Å². The fraction of sp³-hybridized carbons (Fsp3) is 0.500. The molecule has 1 N–H and O–H groups in total. The number of hydrogen-bond acceptors (Lipinski definition) is 6. The third kappa shape index (κ3) is 2.13. The topological polar surface area (TPSA) is 72.9 Å². The van der Waals surface area contributed by atoms with Crippen LogP contribution in [0.1, 0.15) is 12.8 Å². The van der Waals surface area contributed by atoms with Crippen molar-refractivity contribution in [2.75, 3.05) is 31.3 Å². The molecular formula is C16H17N3O4S. The van der Waals surface area contributed by atoms with E-state index in [4.69, 9.17) is 19.2 Å². The first-order valence-corrected chi connectivity index (χ1v) is 8.99. The molecule has 0 aliphatic carbocycles. The SMILES string of the molecule is O=C1N[C@H]2COCCC[C@H]2N1c1nc2c3c(ccc2s1)OCCO3. The number of nitrogens with zero attached hydrogens (tertiary/aromatic N) is 2. The van der Waals surface area contributed by atoms with Gasteiger partial charge < -0.3 is 19.5 Å². The maximum absolute atomic E-state index is 12.5. The Morgan fingerprint density at radius 1 is 1.25 bits per heavy atom. The normalized spacial score (nSPS) is 26.2. The lowest BCUT2D eigenvalue weighted by Gasteiger charge is -2.21. The third-order valence-corrected chi connectivity index (χ3v) is 5.69. The fourth-order valence-electron chi connectivity index (χ4n) is 3.56. The maximum atomic E-state index is 12.5. The van der Waals surface area contributed by atoms with Crippen molar-refractivity contribution in [2.24, 2.45) is 0 Å². The molecule has 7 nitrogen and oxygen atoms in total. The summed E-state index contributed by atoms with van der Waals surface area (Å²) < 4.78 is 17.9. The molecule has 8 heteroatoms. The van der Waals surface area contributed by atoms with Crippen LogP contribution in [0.15, 0.2) is 12.1 Å². The first-order chi connectivity index (χ1) is 11.8. The first-order valence-electron chi connectivity index (χ1n) is 8.18. The van der Waals surface area contributed by atoms with Crippen molar-refractivity contribution in [1.29, 1.82) is 0 Å². The van der Waals surface area contributed by atoms with E-state index in [-0.39, 0.29) is 18.1 Å². The number of benzene rings is 1. The van der Waals surface area contributed by atoms with Gasteiger partial charge >= 0.3 is 6.03 Å². The lowest BCUT2D eigenvalue weighted by molar-refractivity contribution is 0.130. The van der Waals surface area contributed by atoms with E-state index in [2.05, 4.69) is 5.32 Å². The van der Waals surface area contributed by atoms with E-state index in [0.717, 1.165) is 35.4 Å². The highest BCUT2D eigenvalue weighted by molar-refractivity contribution is 7.22. The Bertz CT molecular complexity index is 808. The van der Waals surface area contributed by atoms with Crippen molar-refractivity contribution in [2.45, 2.75) is 24.9 Å². The summed E-state index contributed by atoms with van der Waals surface area (Å²) in [6.45, 7) is 2.37. The Labute approximate surface area is 142 Å². The summed E-state index contributed by atoms with van der Waals surface area (Å²) in [5.74, 6) is 1.40. The summed E-state index contributed by atoms with van der Waals surface area (Å²) in [6, 6.07) is 3.91. The zero-order chi connectivity index (χ0) is 16.1. The summed E-state index contributed by atoms with van der Waals surface area (Å²) in [7, 11) is 0. The number of fused-ring (bicyclic) bond motifs is 4. The summed E-state index contributed by atoms with van der Waals surface area (Å²) in [5.41, 5.74) is 0.772. The van der Waals surface area contributed by atoms with Gasteiger partial charge in [0, 0.05) is 6.61 Å². The van der Waals surface area contributed by atoms with Gasteiger partial charge in [-0.1, -0.05) is 11.3 Å². The van der Waals surface area contributed by atoms with Crippen LogP contribution in [-0.4, -0.2) is 49.5 Å². The maximum Gasteiger partial charge on any atom is 0.324 e. The van der Waals surface area contributed by atoms with Gasteiger partial charge in [0.1, 0.15) is 18.7 Å². The fourth-order valence-corrected chi connectivity index (χ4v) is 4.58. The van der Waals surface area contributed by atoms with Crippen LogP contribution in [0.3, 0.4) is 0 Å². The summed E-state index contributed by atoms with van der Waals surface area (Å²) in [6.07, 6.45) is 1.86. The van der Waals surface area contributed by atoms with Crippen LogP contribution in [0.4, 0.5) is 9.93 Å². The van der Waals surface area contributed by atoms with Gasteiger partial charge in [0.25, 0.3) is 0 Å². The predicted molar refractivity (Wildman–Crippen MR) is 89.2 cm³/mol. The highest BCUT2D eigenvalue weighted by Gasteiger charge is 2.42. The van der Waals surface area contributed by atoms with Crippen molar-refractivity contribution in [3.05, 3.63) is 12.1 Å². The van der Waals surface area contributed by atoms with Gasteiger partial charge in [-0.25, -0.2) is 9.78 Å². The Morgan fingerprint density at radius 3 is 3.12 bits per heavy atom. The van der Waals surface area contributed by atoms with Crippen LogP contribution in [-0.2, 0) is 4.74 Å². The second-order valence-corrected chi connectivity index (χ2v) is 7.15. The quantitative estimate of drug-likeness (QED) is 0.856. The van der Waals surface area contributed by atoms with Crippen molar-refractivity contribution in [3.8, 4) is 11.5 Å². The molecule has 3 aliphatic heterocycles. The number of rotatable bonds is 1. The first kappa shape index (κ1) is 14.3. The third-order valence-electron chi connectivity index (χ3n) is 4.67. The number of hydrogen-bond donors (Lipinski definition) is 1. The number of ether oxygens (including phenoxy) is 3. The van der Waals surface area contributed by atoms with Crippen LogP contribution in [0.5, 0.6) is 11.5 Å². The second kappa shape index (κ2) is 5.49. The van der Waals surface area contributed by atoms with E-state index >= 15 is 0 Å². The van der Waals surface area contributed by atoms with Crippen molar-refractivity contribution in [3.63, 3.8) is 0 Å². The summed E-state index contributed by atoms with van der Waals surface area (Å²) in [4.78, 5) is 19.0. The molecule has 2 fully saturated rings. The molecule has 1 aromatic carbocycles. The molecule has 1 aromatic heterocycles. The van der Waals surface area contributed by atoms with Gasteiger partial charge in [-0.2, -0.15) is 0 Å². The number of aromatic nitrogens is 1. The van der Waals surface area contributed by atoms with E-state index in [1.807, 2.05) is 12.1 Å². The molecule has 2 aromatic rings. The number of carbonyl (C=O) groups excluding carboxylic acids is 1. The van der Waals surface area contributed by atoms with Gasteiger partial charge in [-0.05, 0) is 25.0 Å². The van der Waals surface area contributed by atoms with E-state index in [0.29, 0.717) is 30.7 Å². The Hall–Kier alpha value is -2.06. The van der Waals surface area contributed by atoms with Crippen molar-refractivity contribution in [1.82, 2.24) is 10.3 Å². The van der Waals surface area contributed by atoms with Crippen molar-refractivity contribution >= 4 is 32.7 Å². The molecule has 3 aliphatic rings. The largest absolute Gasteiger partial charge is 0.486 e. The highest BCUT2D eigenvalue weighted by atomic mass is 32.1. The minimum absolute atomic E-state index is 0.0283. The van der Waals surface area contributed by atoms with Gasteiger partial charge in [-0.3, -0.25) is 4.90 Å². The number of amides is 2. The molecule has 0 spiro atoms. The number of anilines is 1. The lowest BCUT2D eigenvalue weighted by atomic mass is 10.1. The molecule has 4 heterocycles. The molecule has 2 saturated heterocycles. The molecule has 5 rings (SSSR count). The Morgan fingerprint density at radius 2 is 2.17 bits per heavy atom. The van der Waals surface area contributed by atoms with Crippen LogP contribution >= 0.6 is 11.3 Å². The molecule has 2 amide bonds. The number of nitrogens with one attached hydrogen (secondary N) is 1. The van der Waals surface area contributed by atoms with Crippen LogP contribution in [0.2, 0.25) is 0 Å². The summed E-state index contributed by atoms with van der Waals surface area (Å²) in [5, 5.41) is 3.73. The number of thiazole rings is 1. The number of urea groups is 1. The van der Waals surface area contributed by atoms with E-state index in [1.54, 1.807) is 4.90 Å². The molecule has 0 bridgehead atoms. The lowest BCUT2D eigenvalue weighted by Crippen LogP contribution is -2.37. The predicted octanol–water partition coefficient (Wildman–Crippen LogP) is 2.14. The van der Waals surface area contributed by atoms with Crippen molar-refractivity contribution < 1.29 is 19.0 Å². The van der Waals surface area contributed by atoms with E-state index in [9.17, 15) is 4.79 Å². The minimum atomic E-state index is -0.0967. The molecular weight excluding hydrogens is 330 g/mol. The Kier molecular flexibility index (Phi) is 3.27. The Balaban J connectivity index is 1.57. The zero-order valence-electron chi connectivity index (χ0n) is 13.0. The number of carbonyl (C=O) groups is 1. The molecule has 126 valence electrons. The average Bonchev–Trinajstić information content (AvgIpc) is 3.08. The average molecular weight is 347 g/mol. The monoisotopic (exact) mass is 347 g/mol. The van der Waals surface area contributed by atoms with E-state index in [1.165, 1.54) is 11.3 Å². The highest BCUT2D eigenvalue weighted by Crippen LogP contribution is 2.42. The van der Waals surface area contributed by atoms with Gasteiger partial charge in [-0.15, -0.1) is 0 Å².